The Kier molecular flexibility index (Phi) is 2.68. The maximum absolute atomic E-state index is 12.3. The highest BCUT2D eigenvalue weighted by Gasteiger charge is 2.44. The van der Waals surface area contributed by atoms with Gasteiger partial charge in [-0.2, -0.15) is 0 Å². The number of likely N-dealkylation sites (tertiary alicyclic amines) is 1. The Balaban J connectivity index is 2.16. The third-order valence-corrected chi connectivity index (χ3v) is 3.50. The molecule has 0 aromatic rings. The molecule has 0 spiro atoms. The van der Waals surface area contributed by atoms with Gasteiger partial charge in [0.25, 0.3) is 0 Å². The molecule has 0 aromatic carbocycles. The molecule has 2 saturated heterocycles. The van der Waals surface area contributed by atoms with Crippen LogP contribution in [0.15, 0.2) is 0 Å². The van der Waals surface area contributed by atoms with E-state index in [0.29, 0.717) is 6.54 Å². The molecule has 2 rings (SSSR count). The SMILES string of the molecule is CC(C)(C)C(=O)N1CCCC2C(=O)NCC21. The second kappa shape index (κ2) is 3.75. The van der Waals surface area contributed by atoms with Gasteiger partial charge < -0.3 is 10.2 Å². The Morgan fingerprint density at radius 1 is 1.44 bits per heavy atom. The number of hydrogen-bond donors (Lipinski definition) is 1. The van der Waals surface area contributed by atoms with Crippen molar-refractivity contribution in [3.05, 3.63) is 0 Å². The van der Waals surface area contributed by atoms with Gasteiger partial charge in [-0.15, -0.1) is 0 Å². The molecule has 2 aliphatic heterocycles. The maximum atomic E-state index is 12.3. The molecule has 2 amide bonds. The van der Waals surface area contributed by atoms with Gasteiger partial charge in [-0.1, -0.05) is 20.8 Å². The normalized spacial score (nSPS) is 29.9. The van der Waals surface area contributed by atoms with Crippen molar-refractivity contribution in [2.45, 2.75) is 39.7 Å². The van der Waals surface area contributed by atoms with Crippen molar-refractivity contribution < 1.29 is 9.59 Å². The third kappa shape index (κ3) is 1.81. The Hall–Kier alpha value is -1.06. The number of amides is 2. The summed E-state index contributed by atoms with van der Waals surface area (Å²) >= 11 is 0. The maximum Gasteiger partial charge on any atom is 0.228 e. The zero-order valence-electron chi connectivity index (χ0n) is 10.2. The largest absolute Gasteiger partial charge is 0.354 e. The van der Waals surface area contributed by atoms with Gasteiger partial charge in [-0.3, -0.25) is 9.59 Å². The molecule has 90 valence electrons. The number of rotatable bonds is 0. The zero-order chi connectivity index (χ0) is 11.9. The van der Waals surface area contributed by atoms with Gasteiger partial charge in [0.05, 0.1) is 12.0 Å². The van der Waals surface area contributed by atoms with Crippen LogP contribution < -0.4 is 5.32 Å². The predicted octanol–water partition coefficient (Wildman–Crippen LogP) is 0.769. The van der Waals surface area contributed by atoms with Crippen LogP contribution in [0.3, 0.4) is 0 Å². The summed E-state index contributed by atoms with van der Waals surface area (Å²) in [4.78, 5) is 25.7. The first-order chi connectivity index (χ1) is 7.41. The number of carbonyl (C=O) groups is 2. The van der Waals surface area contributed by atoms with E-state index in [2.05, 4.69) is 5.32 Å². The Bertz CT molecular complexity index is 319. The second-order valence-electron chi connectivity index (χ2n) is 5.81. The molecule has 4 nitrogen and oxygen atoms in total. The molecule has 2 fully saturated rings. The van der Waals surface area contributed by atoms with Crippen molar-refractivity contribution in [1.29, 1.82) is 0 Å². The Labute approximate surface area is 96.4 Å². The van der Waals surface area contributed by atoms with Crippen LogP contribution in [-0.2, 0) is 9.59 Å². The van der Waals surface area contributed by atoms with Crippen LogP contribution in [0.4, 0.5) is 0 Å². The van der Waals surface area contributed by atoms with Crippen LogP contribution in [0, 0.1) is 11.3 Å². The fourth-order valence-electron chi connectivity index (χ4n) is 2.63. The van der Waals surface area contributed by atoms with Gasteiger partial charge in [0.2, 0.25) is 11.8 Å². The van der Waals surface area contributed by atoms with Crippen molar-refractivity contribution in [2.24, 2.45) is 11.3 Å². The summed E-state index contributed by atoms with van der Waals surface area (Å²) in [5.41, 5.74) is -0.354. The molecule has 2 aliphatic rings. The van der Waals surface area contributed by atoms with Crippen LogP contribution in [0.2, 0.25) is 0 Å². The fraction of sp³-hybridized carbons (Fsp3) is 0.833. The summed E-state index contributed by atoms with van der Waals surface area (Å²) in [6.07, 6.45) is 1.86. The van der Waals surface area contributed by atoms with Crippen molar-refractivity contribution in [2.75, 3.05) is 13.1 Å². The minimum Gasteiger partial charge on any atom is -0.354 e. The monoisotopic (exact) mass is 224 g/mol. The van der Waals surface area contributed by atoms with Gasteiger partial charge >= 0.3 is 0 Å². The Morgan fingerprint density at radius 2 is 2.12 bits per heavy atom. The number of fused-ring (bicyclic) bond motifs is 1. The molecular formula is C12H20N2O2. The van der Waals surface area contributed by atoms with Crippen LogP contribution in [0.5, 0.6) is 0 Å². The van der Waals surface area contributed by atoms with Crippen molar-refractivity contribution >= 4 is 11.8 Å². The molecular weight excluding hydrogens is 204 g/mol. The first-order valence-electron chi connectivity index (χ1n) is 6.00. The van der Waals surface area contributed by atoms with Crippen LogP contribution in [0.25, 0.3) is 0 Å². The lowest BCUT2D eigenvalue weighted by Gasteiger charge is -2.39. The standard InChI is InChI=1S/C12H20N2O2/c1-12(2,3)11(16)14-6-4-5-8-9(14)7-13-10(8)15/h8-9H,4-7H2,1-3H3,(H,13,15). The van der Waals surface area contributed by atoms with Crippen LogP contribution in [-0.4, -0.2) is 35.8 Å². The molecule has 0 bridgehead atoms. The molecule has 1 N–H and O–H groups in total. The number of carbonyl (C=O) groups excluding carboxylic acids is 2. The molecule has 16 heavy (non-hydrogen) atoms. The molecule has 2 heterocycles. The van der Waals surface area contributed by atoms with Crippen LogP contribution >= 0.6 is 0 Å². The second-order valence-corrected chi connectivity index (χ2v) is 5.81. The summed E-state index contributed by atoms with van der Waals surface area (Å²) < 4.78 is 0. The summed E-state index contributed by atoms with van der Waals surface area (Å²) in [6, 6.07) is 0.0907. The lowest BCUT2D eigenvalue weighted by atomic mass is 9.87. The first kappa shape index (κ1) is 11.4. The molecule has 2 unspecified atom stereocenters. The lowest BCUT2D eigenvalue weighted by molar-refractivity contribution is -0.144. The average Bonchev–Trinajstić information content (AvgIpc) is 2.58. The van der Waals surface area contributed by atoms with Crippen molar-refractivity contribution in [3.8, 4) is 0 Å². The Morgan fingerprint density at radius 3 is 2.75 bits per heavy atom. The topological polar surface area (TPSA) is 49.4 Å². The fourth-order valence-corrected chi connectivity index (χ4v) is 2.63. The number of hydrogen-bond acceptors (Lipinski definition) is 2. The van der Waals surface area contributed by atoms with Crippen molar-refractivity contribution in [1.82, 2.24) is 10.2 Å². The first-order valence-corrected chi connectivity index (χ1v) is 6.00. The van der Waals surface area contributed by atoms with Crippen LogP contribution in [0.1, 0.15) is 33.6 Å². The van der Waals surface area contributed by atoms with E-state index in [-0.39, 0.29) is 29.2 Å². The number of piperidine rings is 1. The van der Waals surface area contributed by atoms with E-state index in [1.807, 2.05) is 25.7 Å². The highest BCUT2D eigenvalue weighted by molar-refractivity contribution is 5.86. The quantitative estimate of drug-likeness (QED) is 0.660. The summed E-state index contributed by atoms with van der Waals surface area (Å²) in [6.45, 7) is 7.23. The summed E-state index contributed by atoms with van der Waals surface area (Å²) in [7, 11) is 0. The van der Waals surface area contributed by atoms with Gasteiger partial charge in [0.15, 0.2) is 0 Å². The van der Waals surface area contributed by atoms with Gasteiger partial charge in [-0.05, 0) is 12.8 Å². The van der Waals surface area contributed by atoms with E-state index >= 15 is 0 Å². The van der Waals surface area contributed by atoms with E-state index < -0.39 is 0 Å². The summed E-state index contributed by atoms with van der Waals surface area (Å²) in [5.74, 6) is 0.315. The molecule has 0 radical (unpaired) electrons. The predicted molar refractivity (Wildman–Crippen MR) is 60.7 cm³/mol. The highest BCUT2D eigenvalue weighted by atomic mass is 16.2. The molecule has 0 aromatic heterocycles. The molecule has 0 saturated carbocycles. The van der Waals surface area contributed by atoms with Gasteiger partial charge in [0.1, 0.15) is 0 Å². The molecule has 2 atom stereocenters. The minimum absolute atomic E-state index is 0.0278. The summed E-state index contributed by atoms with van der Waals surface area (Å²) in [5, 5.41) is 2.87. The average molecular weight is 224 g/mol. The van der Waals surface area contributed by atoms with Gasteiger partial charge in [0, 0.05) is 18.5 Å². The van der Waals surface area contributed by atoms with E-state index in [1.54, 1.807) is 0 Å². The lowest BCUT2D eigenvalue weighted by Crippen LogP contribution is -2.52. The van der Waals surface area contributed by atoms with Gasteiger partial charge in [-0.25, -0.2) is 0 Å². The zero-order valence-corrected chi connectivity index (χ0v) is 10.2. The highest BCUT2D eigenvalue weighted by Crippen LogP contribution is 2.30. The number of nitrogens with zero attached hydrogens (tertiary/aromatic N) is 1. The molecule has 4 heteroatoms. The number of nitrogens with one attached hydrogen (secondary N) is 1. The van der Waals surface area contributed by atoms with E-state index in [4.69, 9.17) is 0 Å². The van der Waals surface area contributed by atoms with E-state index in [1.165, 1.54) is 0 Å². The molecule has 0 aliphatic carbocycles. The minimum atomic E-state index is -0.354. The smallest absolute Gasteiger partial charge is 0.228 e. The van der Waals surface area contributed by atoms with E-state index in [0.717, 1.165) is 19.4 Å². The van der Waals surface area contributed by atoms with Crippen molar-refractivity contribution in [3.63, 3.8) is 0 Å². The van der Waals surface area contributed by atoms with E-state index in [9.17, 15) is 9.59 Å². The third-order valence-electron chi connectivity index (χ3n) is 3.50.